The van der Waals surface area contributed by atoms with Crippen LogP contribution in [0.5, 0.6) is 0 Å². The number of carboxylic acid groups (broad SMARTS) is 1. The Morgan fingerprint density at radius 2 is 2.18 bits per heavy atom. The summed E-state index contributed by atoms with van der Waals surface area (Å²) in [6.45, 7) is 1.77. The van der Waals surface area contributed by atoms with Crippen LogP contribution in [-0.2, 0) is 4.79 Å². The molecule has 1 aromatic heterocycles. The Kier molecular flexibility index (Phi) is 3.17. The number of nitrogens with one attached hydrogen (secondary N) is 1. The first-order valence-corrected chi connectivity index (χ1v) is 5.66. The number of carbonyl (C=O) groups excluding carboxylic acids is 1. The van der Waals surface area contributed by atoms with Crippen LogP contribution >= 0.6 is 0 Å². The first-order chi connectivity index (χ1) is 8.06. The normalized spacial score (nSPS) is 23.6. The predicted octanol–water partition coefficient (Wildman–Crippen LogP) is 1.57. The first kappa shape index (κ1) is 11.7. The van der Waals surface area contributed by atoms with E-state index in [4.69, 9.17) is 9.52 Å². The second kappa shape index (κ2) is 4.61. The number of carbonyl (C=O) groups is 2. The molecule has 5 nitrogen and oxygen atoms in total. The summed E-state index contributed by atoms with van der Waals surface area (Å²) in [7, 11) is 0. The topological polar surface area (TPSA) is 79.5 Å². The van der Waals surface area contributed by atoms with Crippen molar-refractivity contribution in [2.45, 2.75) is 32.2 Å². The number of amides is 1. The molecule has 0 saturated heterocycles. The molecule has 2 unspecified atom stereocenters. The number of rotatable bonds is 3. The highest BCUT2D eigenvalue weighted by Crippen LogP contribution is 2.25. The van der Waals surface area contributed by atoms with Gasteiger partial charge in [0.05, 0.1) is 5.92 Å². The second-order valence-corrected chi connectivity index (χ2v) is 4.43. The van der Waals surface area contributed by atoms with Crippen molar-refractivity contribution in [1.29, 1.82) is 0 Å². The van der Waals surface area contributed by atoms with Crippen molar-refractivity contribution < 1.29 is 19.1 Å². The Hall–Kier alpha value is -1.78. The zero-order chi connectivity index (χ0) is 12.4. The summed E-state index contributed by atoms with van der Waals surface area (Å²) in [6.07, 6.45) is 1.83. The molecule has 1 saturated carbocycles. The summed E-state index contributed by atoms with van der Waals surface area (Å²) in [5, 5.41) is 11.7. The molecule has 0 spiro atoms. The van der Waals surface area contributed by atoms with Crippen LogP contribution in [-0.4, -0.2) is 23.0 Å². The highest BCUT2D eigenvalue weighted by molar-refractivity contribution is 5.91. The molecule has 92 valence electrons. The van der Waals surface area contributed by atoms with Gasteiger partial charge in [-0.1, -0.05) is 0 Å². The fourth-order valence-corrected chi connectivity index (χ4v) is 2.15. The van der Waals surface area contributed by atoms with E-state index in [-0.39, 0.29) is 23.6 Å². The van der Waals surface area contributed by atoms with Gasteiger partial charge in [0.2, 0.25) is 0 Å². The fraction of sp³-hybridized carbons (Fsp3) is 0.500. The third-order valence-electron chi connectivity index (χ3n) is 3.08. The van der Waals surface area contributed by atoms with Gasteiger partial charge in [-0.3, -0.25) is 9.59 Å². The molecule has 1 aliphatic carbocycles. The highest BCUT2D eigenvalue weighted by Gasteiger charge is 2.31. The first-order valence-electron chi connectivity index (χ1n) is 5.66. The lowest BCUT2D eigenvalue weighted by molar-refractivity contribution is -0.141. The number of aliphatic carboxylic acids is 1. The molecule has 17 heavy (non-hydrogen) atoms. The molecule has 0 bridgehead atoms. The van der Waals surface area contributed by atoms with Gasteiger partial charge < -0.3 is 14.8 Å². The molecule has 2 N–H and O–H groups in total. The molecule has 2 atom stereocenters. The molecule has 0 radical (unpaired) electrons. The zero-order valence-electron chi connectivity index (χ0n) is 9.60. The molecule has 5 heteroatoms. The molecule has 1 heterocycles. The van der Waals surface area contributed by atoms with Crippen molar-refractivity contribution >= 4 is 11.9 Å². The van der Waals surface area contributed by atoms with Gasteiger partial charge in [0.1, 0.15) is 5.76 Å². The maximum absolute atomic E-state index is 11.7. The van der Waals surface area contributed by atoms with Crippen LogP contribution in [0.2, 0.25) is 0 Å². The number of furan rings is 1. The molecule has 1 amide bonds. The van der Waals surface area contributed by atoms with E-state index in [1.54, 1.807) is 19.1 Å². The van der Waals surface area contributed by atoms with E-state index in [1.807, 2.05) is 0 Å². The predicted molar refractivity (Wildman–Crippen MR) is 59.7 cm³/mol. The smallest absolute Gasteiger partial charge is 0.306 e. The number of aryl methyl sites for hydroxylation is 1. The van der Waals surface area contributed by atoms with Crippen LogP contribution in [0.4, 0.5) is 0 Å². The van der Waals surface area contributed by atoms with Crippen LogP contribution in [0, 0.1) is 12.8 Å². The third-order valence-corrected chi connectivity index (χ3v) is 3.08. The minimum atomic E-state index is -0.782. The maximum atomic E-state index is 11.7. The van der Waals surface area contributed by atoms with Gasteiger partial charge in [-0.2, -0.15) is 0 Å². The average molecular weight is 237 g/mol. The molecule has 1 fully saturated rings. The minimum absolute atomic E-state index is 0.0611. The lowest BCUT2D eigenvalue weighted by atomic mass is 10.1. The highest BCUT2D eigenvalue weighted by atomic mass is 16.4. The standard InChI is InChI=1S/C12H15NO4/c1-7-2-5-10(17-7)11(14)13-9-4-3-8(6-9)12(15)16/h2,5,8-9H,3-4,6H2,1H3,(H,13,14)(H,15,16). The van der Waals surface area contributed by atoms with Gasteiger partial charge in [0.15, 0.2) is 5.76 Å². The van der Waals surface area contributed by atoms with Gasteiger partial charge >= 0.3 is 5.97 Å². The molecule has 1 aromatic rings. The minimum Gasteiger partial charge on any atom is -0.481 e. The molecular formula is C12H15NO4. The fourth-order valence-electron chi connectivity index (χ4n) is 2.15. The number of hydrogen-bond donors (Lipinski definition) is 2. The number of carboxylic acids is 1. The van der Waals surface area contributed by atoms with E-state index in [9.17, 15) is 9.59 Å². The van der Waals surface area contributed by atoms with Crippen molar-refractivity contribution in [3.63, 3.8) is 0 Å². The largest absolute Gasteiger partial charge is 0.481 e. The van der Waals surface area contributed by atoms with Crippen molar-refractivity contribution in [3.8, 4) is 0 Å². The number of hydrogen-bond acceptors (Lipinski definition) is 3. The molecular weight excluding hydrogens is 222 g/mol. The van der Waals surface area contributed by atoms with E-state index in [1.165, 1.54) is 0 Å². The van der Waals surface area contributed by atoms with Crippen LogP contribution in [0.1, 0.15) is 35.6 Å². The quantitative estimate of drug-likeness (QED) is 0.836. The van der Waals surface area contributed by atoms with E-state index >= 15 is 0 Å². The second-order valence-electron chi connectivity index (χ2n) is 4.43. The third kappa shape index (κ3) is 2.67. The van der Waals surface area contributed by atoms with Gasteiger partial charge in [-0.05, 0) is 38.3 Å². The van der Waals surface area contributed by atoms with E-state index in [0.29, 0.717) is 25.0 Å². The van der Waals surface area contributed by atoms with Crippen molar-refractivity contribution in [2.75, 3.05) is 0 Å². The van der Waals surface area contributed by atoms with E-state index in [2.05, 4.69) is 5.32 Å². The SMILES string of the molecule is Cc1ccc(C(=O)NC2CCC(C(=O)O)C2)o1. The molecule has 0 aliphatic heterocycles. The molecule has 0 aromatic carbocycles. The van der Waals surface area contributed by atoms with Crippen molar-refractivity contribution in [2.24, 2.45) is 5.92 Å². The van der Waals surface area contributed by atoms with Crippen LogP contribution < -0.4 is 5.32 Å². The van der Waals surface area contributed by atoms with Gasteiger partial charge in [0.25, 0.3) is 5.91 Å². The van der Waals surface area contributed by atoms with Crippen LogP contribution in [0.15, 0.2) is 16.5 Å². The average Bonchev–Trinajstić information content (AvgIpc) is 2.86. The summed E-state index contributed by atoms with van der Waals surface area (Å²) in [5.74, 6) is -0.422. The Bertz CT molecular complexity index is 437. The molecule has 1 aliphatic rings. The lowest BCUT2D eigenvalue weighted by Crippen LogP contribution is -2.33. The van der Waals surface area contributed by atoms with Crippen LogP contribution in [0.3, 0.4) is 0 Å². The Morgan fingerprint density at radius 1 is 1.41 bits per heavy atom. The summed E-state index contributed by atoms with van der Waals surface area (Å²) < 4.78 is 5.20. The molecule has 2 rings (SSSR count). The van der Waals surface area contributed by atoms with Crippen molar-refractivity contribution in [3.05, 3.63) is 23.7 Å². The Balaban J connectivity index is 1.90. The monoisotopic (exact) mass is 237 g/mol. The lowest BCUT2D eigenvalue weighted by Gasteiger charge is -2.10. The maximum Gasteiger partial charge on any atom is 0.306 e. The van der Waals surface area contributed by atoms with Gasteiger partial charge in [0, 0.05) is 6.04 Å². The van der Waals surface area contributed by atoms with Gasteiger partial charge in [-0.25, -0.2) is 0 Å². The zero-order valence-corrected chi connectivity index (χ0v) is 9.60. The van der Waals surface area contributed by atoms with E-state index in [0.717, 1.165) is 0 Å². The summed E-state index contributed by atoms with van der Waals surface area (Å²) >= 11 is 0. The van der Waals surface area contributed by atoms with Crippen LogP contribution in [0.25, 0.3) is 0 Å². The Morgan fingerprint density at radius 3 is 2.71 bits per heavy atom. The summed E-state index contributed by atoms with van der Waals surface area (Å²) in [4.78, 5) is 22.5. The van der Waals surface area contributed by atoms with E-state index < -0.39 is 5.97 Å². The summed E-state index contributed by atoms with van der Waals surface area (Å²) in [6, 6.07) is 3.28. The summed E-state index contributed by atoms with van der Waals surface area (Å²) in [5.41, 5.74) is 0. The Labute approximate surface area is 98.8 Å². The van der Waals surface area contributed by atoms with Crippen molar-refractivity contribution in [1.82, 2.24) is 5.32 Å². The van der Waals surface area contributed by atoms with Gasteiger partial charge in [-0.15, -0.1) is 0 Å².